The van der Waals surface area contributed by atoms with E-state index in [2.05, 4.69) is 5.32 Å². The second-order valence-corrected chi connectivity index (χ2v) is 5.04. The maximum Gasteiger partial charge on any atom is 0.328 e. The van der Waals surface area contributed by atoms with Crippen molar-refractivity contribution in [2.75, 3.05) is 26.2 Å². The summed E-state index contributed by atoms with van der Waals surface area (Å²) < 4.78 is 9.73. The average Bonchev–Trinajstić information content (AvgIpc) is 2.50. The van der Waals surface area contributed by atoms with Gasteiger partial charge in [-0.1, -0.05) is 0 Å². The van der Waals surface area contributed by atoms with Crippen molar-refractivity contribution in [3.8, 4) is 5.75 Å². The van der Waals surface area contributed by atoms with E-state index in [1.54, 1.807) is 43.1 Å². The molecule has 5 nitrogen and oxygen atoms in total. The Morgan fingerprint density at radius 2 is 1.90 bits per heavy atom. The van der Waals surface area contributed by atoms with Crippen LogP contribution in [0, 0.1) is 0 Å². The van der Waals surface area contributed by atoms with Gasteiger partial charge in [0, 0.05) is 5.56 Å². The predicted octanol–water partition coefficient (Wildman–Crippen LogP) is 1.72. The molecule has 20 heavy (non-hydrogen) atoms. The molecule has 1 rings (SSSR count). The van der Waals surface area contributed by atoms with Gasteiger partial charge in [0.15, 0.2) is 0 Å². The first-order valence-corrected chi connectivity index (χ1v) is 7.53. The zero-order valence-electron chi connectivity index (χ0n) is 11.8. The van der Waals surface area contributed by atoms with Crippen LogP contribution in [0.3, 0.4) is 0 Å². The van der Waals surface area contributed by atoms with Gasteiger partial charge in [-0.25, -0.2) is 4.79 Å². The van der Waals surface area contributed by atoms with Gasteiger partial charge in [-0.3, -0.25) is 4.79 Å². The van der Waals surface area contributed by atoms with E-state index in [-0.39, 0.29) is 5.91 Å². The Labute approximate surface area is 123 Å². The smallest absolute Gasteiger partial charge is 0.328 e. The largest absolute Gasteiger partial charge is 0.497 e. The SMILES string of the molecule is COC(=O)[C@H](CCSC)NC(=O)c1ccc(OC)cc1. The highest BCUT2D eigenvalue weighted by atomic mass is 32.2. The molecule has 1 aromatic carbocycles. The Morgan fingerprint density at radius 3 is 2.40 bits per heavy atom. The number of hydrogen-bond acceptors (Lipinski definition) is 5. The molecule has 0 radical (unpaired) electrons. The Balaban J connectivity index is 2.70. The zero-order valence-corrected chi connectivity index (χ0v) is 12.7. The fourth-order valence-electron chi connectivity index (χ4n) is 1.61. The number of methoxy groups -OCH3 is 2. The van der Waals surface area contributed by atoms with Gasteiger partial charge < -0.3 is 14.8 Å². The number of hydrogen-bond donors (Lipinski definition) is 1. The number of benzene rings is 1. The van der Waals surface area contributed by atoms with Gasteiger partial charge in [0.2, 0.25) is 0 Å². The first-order chi connectivity index (χ1) is 9.62. The molecule has 0 aromatic heterocycles. The van der Waals surface area contributed by atoms with Gasteiger partial charge >= 0.3 is 5.97 Å². The van der Waals surface area contributed by atoms with Crippen molar-refractivity contribution >= 4 is 23.6 Å². The van der Waals surface area contributed by atoms with E-state index in [1.165, 1.54) is 7.11 Å². The van der Waals surface area contributed by atoms with Crippen molar-refractivity contribution in [1.82, 2.24) is 5.32 Å². The molecule has 1 atom stereocenters. The second-order valence-electron chi connectivity index (χ2n) is 4.06. The Kier molecular flexibility index (Phi) is 6.93. The normalized spacial score (nSPS) is 11.6. The highest BCUT2D eigenvalue weighted by Crippen LogP contribution is 2.12. The van der Waals surface area contributed by atoms with Crippen molar-refractivity contribution in [2.24, 2.45) is 0 Å². The Hall–Kier alpha value is -1.69. The van der Waals surface area contributed by atoms with Crippen LogP contribution in [0.25, 0.3) is 0 Å². The zero-order chi connectivity index (χ0) is 15.0. The van der Waals surface area contributed by atoms with Crippen molar-refractivity contribution in [1.29, 1.82) is 0 Å². The van der Waals surface area contributed by atoms with Crippen LogP contribution in [0.1, 0.15) is 16.8 Å². The lowest BCUT2D eigenvalue weighted by molar-refractivity contribution is -0.142. The van der Waals surface area contributed by atoms with E-state index in [1.807, 2.05) is 6.26 Å². The number of carbonyl (C=O) groups excluding carboxylic acids is 2. The summed E-state index contributed by atoms with van der Waals surface area (Å²) in [5.41, 5.74) is 0.476. The molecule has 0 heterocycles. The Morgan fingerprint density at radius 1 is 1.25 bits per heavy atom. The molecular formula is C14H19NO4S. The van der Waals surface area contributed by atoms with Crippen LogP contribution in [0.15, 0.2) is 24.3 Å². The fourth-order valence-corrected chi connectivity index (χ4v) is 2.08. The van der Waals surface area contributed by atoms with E-state index in [9.17, 15) is 9.59 Å². The van der Waals surface area contributed by atoms with E-state index in [4.69, 9.17) is 9.47 Å². The van der Waals surface area contributed by atoms with E-state index < -0.39 is 12.0 Å². The van der Waals surface area contributed by atoms with Crippen molar-refractivity contribution in [2.45, 2.75) is 12.5 Å². The van der Waals surface area contributed by atoms with Crippen molar-refractivity contribution in [3.05, 3.63) is 29.8 Å². The summed E-state index contributed by atoms with van der Waals surface area (Å²) in [5, 5.41) is 2.69. The maximum absolute atomic E-state index is 12.1. The minimum absolute atomic E-state index is 0.302. The molecule has 0 saturated heterocycles. The molecule has 0 unspecified atom stereocenters. The highest BCUT2D eigenvalue weighted by Gasteiger charge is 2.21. The molecular weight excluding hydrogens is 278 g/mol. The molecule has 1 N–H and O–H groups in total. The molecule has 1 aromatic rings. The number of ether oxygens (including phenoxy) is 2. The van der Waals surface area contributed by atoms with Crippen LogP contribution >= 0.6 is 11.8 Å². The van der Waals surface area contributed by atoms with Crippen LogP contribution in [0.2, 0.25) is 0 Å². The van der Waals surface area contributed by atoms with Crippen LogP contribution in [0.4, 0.5) is 0 Å². The van der Waals surface area contributed by atoms with Crippen LogP contribution in [0.5, 0.6) is 5.75 Å². The third-order valence-electron chi connectivity index (χ3n) is 2.75. The molecule has 0 aliphatic rings. The number of rotatable bonds is 7. The van der Waals surface area contributed by atoms with E-state index in [0.717, 1.165) is 5.75 Å². The Bertz CT molecular complexity index is 447. The van der Waals surface area contributed by atoms with E-state index >= 15 is 0 Å². The summed E-state index contributed by atoms with van der Waals surface area (Å²) in [6.45, 7) is 0. The van der Waals surface area contributed by atoms with Gasteiger partial charge in [0.1, 0.15) is 11.8 Å². The fraction of sp³-hybridized carbons (Fsp3) is 0.429. The van der Waals surface area contributed by atoms with Gasteiger partial charge in [-0.15, -0.1) is 0 Å². The summed E-state index contributed by atoms with van der Waals surface area (Å²) >= 11 is 1.61. The second kappa shape index (κ2) is 8.47. The lowest BCUT2D eigenvalue weighted by Crippen LogP contribution is -2.41. The topological polar surface area (TPSA) is 64.6 Å². The third kappa shape index (κ3) is 4.77. The third-order valence-corrected chi connectivity index (χ3v) is 3.40. The molecule has 0 aliphatic carbocycles. The van der Waals surface area contributed by atoms with Crippen molar-refractivity contribution < 1.29 is 19.1 Å². The average molecular weight is 297 g/mol. The number of esters is 1. The first-order valence-electron chi connectivity index (χ1n) is 6.14. The lowest BCUT2D eigenvalue weighted by Gasteiger charge is -2.16. The molecule has 1 amide bonds. The van der Waals surface area contributed by atoms with Crippen LogP contribution in [-0.4, -0.2) is 44.1 Å². The minimum atomic E-state index is -0.623. The van der Waals surface area contributed by atoms with Crippen LogP contribution in [-0.2, 0) is 9.53 Å². The number of amides is 1. The first kappa shape index (κ1) is 16.4. The monoisotopic (exact) mass is 297 g/mol. The number of thioether (sulfide) groups is 1. The number of carbonyl (C=O) groups is 2. The summed E-state index contributed by atoms with van der Waals surface area (Å²) in [6, 6.07) is 6.07. The standard InChI is InChI=1S/C14H19NO4S/c1-18-11-6-4-10(5-7-11)13(16)15-12(8-9-20-3)14(17)19-2/h4-7,12H,8-9H2,1-3H3,(H,15,16)/t12-/m0/s1. The summed E-state index contributed by atoms with van der Waals surface area (Å²) in [6.07, 6.45) is 2.48. The van der Waals surface area contributed by atoms with Crippen molar-refractivity contribution in [3.63, 3.8) is 0 Å². The maximum atomic E-state index is 12.1. The van der Waals surface area contributed by atoms with Gasteiger partial charge in [-0.2, -0.15) is 11.8 Å². The van der Waals surface area contributed by atoms with Gasteiger partial charge in [-0.05, 0) is 42.7 Å². The van der Waals surface area contributed by atoms with Gasteiger partial charge in [0.05, 0.1) is 14.2 Å². The lowest BCUT2D eigenvalue weighted by atomic mass is 10.1. The summed E-state index contributed by atoms with van der Waals surface area (Å²) in [7, 11) is 2.87. The summed E-state index contributed by atoms with van der Waals surface area (Å²) in [4.78, 5) is 23.7. The van der Waals surface area contributed by atoms with Gasteiger partial charge in [0.25, 0.3) is 5.91 Å². The molecule has 0 bridgehead atoms. The van der Waals surface area contributed by atoms with Crippen LogP contribution < -0.4 is 10.1 Å². The molecule has 0 spiro atoms. The molecule has 110 valence electrons. The molecule has 6 heteroatoms. The highest BCUT2D eigenvalue weighted by molar-refractivity contribution is 7.98. The van der Waals surface area contributed by atoms with E-state index in [0.29, 0.717) is 17.7 Å². The molecule has 0 fully saturated rings. The quantitative estimate of drug-likeness (QED) is 0.776. The number of nitrogens with one attached hydrogen (secondary N) is 1. The minimum Gasteiger partial charge on any atom is -0.497 e. The molecule has 0 saturated carbocycles. The molecule has 0 aliphatic heterocycles. The predicted molar refractivity (Wildman–Crippen MR) is 79.3 cm³/mol. The summed E-state index contributed by atoms with van der Waals surface area (Å²) in [5.74, 6) is 0.710.